The summed E-state index contributed by atoms with van der Waals surface area (Å²) in [5.74, 6) is -0.928. The summed E-state index contributed by atoms with van der Waals surface area (Å²) in [6.45, 7) is 1.78. The fourth-order valence-corrected chi connectivity index (χ4v) is 3.10. The first-order chi connectivity index (χ1) is 11.0. The van der Waals surface area contributed by atoms with E-state index in [9.17, 15) is 15.2 Å². The van der Waals surface area contributed by atoms with Gasteiger partial charge in [-0.1, -0.05) is 48.0 Å². The first-order valence-electron chi connectivity index (χ1n) is 6.72. The number of hydrogen-bond acceptors (Lipinski definition) is 4. The molecule has 0 spiro atoms. The molecule has 1 aromatic heterocycles. The van der Waals surface area contributed by atoms with E-state index in [1.54, 1.807) is 37.3 Å². The maximum absolute atomic E-state index is 11.2. The minimum Gasteiger partial charge on any atom is -0.480 e. The molecule has 1 atom stereocenters. The average Bonchev–Trinajstić information content (AvgIpc) is 2.54. The lowest BCUT2D eigenvalue weighted by Crippen LogP contribution is -2.15. The lowest BCUT2D eigenvalue weighted by molar-refractivity contribution is -0.136. The van der Waals surface area contributed by atoms with Crippen LogP contribution in [0.5, 0.6) is 0 Å². The van der Waals surface area contributed by atoms with E-state index in [1.165, 1.54) is 0 Å². The largest absolute Gasteiger partial charge is 0.480 e. The van der Waals surface area contributed by atoms with Crippen LogP contribution in [0.4, 0.5) is 0 Å². The van der Waals surface area contributed by atoms with Crippen molar-refractivity contribution in [3.8, 4) is 17.3 Å². The predicted octanol–water partition coefficient (Wildman–Crippen LogP) is 4.88. The van der Waals surface area contributed by atoms with Gasteiger partial charge in [-0.25, -0.2) is 4.98 Å². The molecule has 4 nitrogen and oxygen atoms in total. The van der Waals surface area contributed by atoms with Crippen molar-refractivity contribution in [2.45, 2.75) is 23.6 Å². The van der Waals surface area contributed by atoms with Gasteiger partial charge in [0.25, 0.3) is 0 Å². The number of nitrogens with zero attached hydrogens (tertiary/aromatic N) is 2. The summed E-state index contributed by atoms with van der Waals surface area (Å²) in [5, 5.41) is 19.0. The Labute approximate surface area is 148 Å². The van der Waals surface area contributed by atoms with Gasteiger partial charge in [-0.3, -0.25) is 4.79 Å². The van der Waals surface area contributed by atoms with Gasteiger partial charge in [0.1, 0.15) is 16.3 Å². The van der Waals surface area contributed by atoms with Crippen LogP contribution in [-0.4, -0.2) is 21.3 Å². The number of aromatic nitrogens is 1. The second-order valence-corrected chi connectivity index (χ2v) is 6.65. The molecule has 23 heavy (non-hydrogen) atoms. The molecule has 0 saturated carbocycles. The Morgan fingerprint density at radius 2 is 2.09 bits per heavy atom. The number of carboxylic acids is 1. The number of thioether (sulfide) groups is 1. The summed E-state index contributed by atoms with van der Waals surface area (Å²) < 4.78 is 0. The summed E-state index contributed by atoms with van der Waals surface area (Å²) >= 11 is 13.0. The van der Waals surface area contributed by atoms with E-state index in [0.717, 1.165) is 17.3 Å². The average molecular weight is 367 g/mol. The summed E-state index contributed by atoms with van der Waals surface area (Å²) in [7, 11) is 0. The zero-order chi connectivity index (χ0) is 17.0. The molecule has 0 aliphatic carbocycles. The van der Waals surface area contributed by atoms with E-state index in [0.29, 0.717) is 32.7 Å². The molecule has 2 rings (SSSR count). The highest BCUT2D eigenvalue weighted by Crippen LogP contribution is 2.32. The minimum atomic E-state index is -0.928. The van der Waals surface area contributed by atoms with Crippen LogP contribution in [0.2, 0.25) is 10.0 Å². The van der Waals surface area contributed by atoms with Crippen molar-refractivity contribution in [1.82, 2.24) is 4.98 Å². The van der Waals surface area contributed by atoms with Gasteiger partial charge < -0.3 is 5.11 Å². The van der Waals surface area contributed by atoms with E-state index in [1.807, 2.05) is 6.07 Å². The summed E-state index contributed by atoms with van der Waals surface area (Å²) in [6.07, 6.45) is 0.434. The maximum Gasteiger partial charge on any atom is 0.317 e. The van der Waals surface area contributed by atoms with Gasteiger partial charge in [-0.2, -0.15) is 5.26 Å². The highest BCUT2D eigenvalue weighted by atomic mass is 35.5. The van der Waals surface area contributed by atoms with Crippen LogP contribution >= 0.6 is 35.0 Å². The number of aliphatic carboxylic acids is 1. The normalized spacial score (nSPS) is 11.7. The zero-order valence-corrected chi connectivity index (χ0v) is 14.4. The van der Waals surface area contributed by atoms with Crippen molar-refractivity contribution in [1.29, 1.82) is 5.26 Å². The number of pyridine rings is 1. The standard InChI is InChI=1S/C16H12Cl2N2O2S/c1-2-14(16(21)22)23-15-10(8-19)4-6-13(20-15)9-3-5-11(17)12(18)7-9/h3-7,14H,2H2,1H3,(H,21,22). The van der Waals surface area contributed by atoms with E-state index in [-0.39, 0.29) is 0 Å². The third-order valence-corrected chi connectivity index (χ3v) is 5.19. The number of carboxylic acid groups (broad SMARTS) is 1. The van der Waals surface area contributed by atoms with Crippen LogP contribution in [0.1, 0.15) is 18.9 Å². The fraction of sp³-hybridized carbons (Fsp3) is 0.188. The van der Waals surface area contributed by atoms with Crippen LogP contribution in [0.3, 0.4) is 0 Å². The number of benzene rings is 1. The van der Waals surface area contributed by atoms with Crippen molar-refractivity contribution in [3.05, 3.63) is 45.9 Å². The van der Waals surface area contributed by atoms with Crippen LogP contribution in [0, 0.1) is 11.3 Å². The van der Waals surface area contributed by atoms with Crippen LogP contribution < -0.4 is 0 Å². The molecule has 1 heterocycles. The van der Waals surface area contributed by atoms with E-state index >= 15 is 0 Å². The number of carbonyl (C=O) groups is 1. The topological polar surface area (TPSA) is 74.0 Å². The molecule has 1 N–H and O–H groups in total. The third kappa shape index (κ3) is 4.17. The number of halogens is 2. The maximum atomic E-state index is 11.2. The van der Waals surface area contributed by atoms with Crippen LogP contribution in [0.25, 0.3) is 11.3 Å². The highest BCUT2D eigenvalue weighted by molar-refractivity contribution is 8.00. The molecule has 0 bridgehead atoms. The third-order valence-electron chi connectivity index (χ3n) is 3.10. The molecule has 0 radical (unpaired) electrons. The van der Waals surface area contributed by atoms with Crippen LogP contribution in [0.15, 0.2) is 35.4 Å². The van der Waals surface area contributed by atoms with E-state index in [4.69, 9.17) is 23.2 Å². The van der Waals surface area contributed by atoms with Crippen molar-refractivity contribution < 1.29 is 9.90 Å². The number of nitriles is 1. The molecule has 0 saturated heterocycles. The Morgan fingerprint density at radius 3 is 2.65 bits per heavy atom. The summed E-state index contributed by atoms with van der Waals surface area (Å²) in [6, 6.07) is 10.5. The minimum absolute atomic E-state index is 0.346. The molecule has 0 fully saturated rings. The quantitative estimate of drug-likeness (QED) is 0.763. The van der Waals surface area contributed by atoms with Crippen molar-refractivity contribution in [3.63, 3.8) is 0 Å². The fourth-order valence-electron chi connectivity index (χ4n) is 1.87. The van der Waals surface area contributed by atoms with Gasteiger partial charge in [0.05, 0.1) is 21.3 Å². The number of rotatable bonds is 5. The van der Waals surface area contributed by atoms with E-state index < -0.39 is 11.2 Å². The highest BCUT2D eigenvalue weighted by Gasteiger charge is 2.20. The molecule has 7 heteroatoms. The molecule has 0 amide bonds. The molecule has 2 aromatic rings. The van der Waals surface area contributed by atoms with E-state index in [2.05, 4.69) is 4.98 Å². The SMILES string of the molecule is CCC(Sc1nc(-c2ccc(Cl)c(Cl)c2)ccc1C#N)C(=O)O. The lowest BCUT2D eigenvalue weighted by atomic mass is 10.1. The Hall–Kier alpha value is -1.74. The van der Waals surface area contributed by atoms with Gasteiger partial charge >= 0.3 is 5.97 Å². The molecule has 0 aliphatic heterocycles. The second kappa shape index (κ2) is 7.69. The van der Waals surface area contributed by atoms with Crippen LogP contribution in [-0.2, 0) is 4.79 Å². The lowest BCUT2D eigenvalue weighted by Gasteiger charge is -2.11. The van der Waals surface area contributed by atoms with Gasteiger partial charge in [0, 0.05) is 5.56 Å². The Morgan fingerprint density at radius 1 is 1.35 bits per heavy atom. The first-order valence-corrected chi connectivity index (χ1v) is 8.35. The Kier molecular flexibility index (Phi) is 5.89. The molecule has 0 aliphatic rings. The molecule has 1 unspecified atom stereocenters. The molecular formula is C16H12Cl2N2O2S. The summed E-state index contributed by atoms with van der Waals surface area (Å²) in [5.41, 5.74) is 1.69. The molecule has 1 aromatic carbocycles. The van der Waals surface area contributed by atoms with Gasteiger partial charge in [-0.05, 0) is 30.7 Å². The first kappa shape index (κ1) is 17.6. The van der Waals surface area contributed by atoms with Crippen molar-refractivity contribution in [2.24, 2.45) is 0 Å². The predicted molar refractivity (Wildman–Crippen MR) is 92.0 cm³/mol. The Bertz CT molecular complexity index is 790. The Balaban J connectivity index is 2.44. The molecule has 118 valence electrons. The molecular weight excluding hydrogens is 355 g/mol. The van der Waals surface area contributed by atoms with Crippen molar-refractivity contribution in [2.75, 3.05) is 0 Å². The second-order valence-electron chi connectivity index (χ2n) is 4.64. The zero-order valence-electron chi connectivity index (χ0n) is 12.1. The van der Waals surface area contributed by atoms with Crippen molar-refractivity contribution >= 4 is 40.9 Å². The number of hydrogen-bond donors (Lipinski definition) is 1. The summed E-state index contributed by atoms with van der Waals surface area (Å²) in [4.78, 5) is 15.6. The smallest absolute Gasteiger partial charge is 0.317 e. The van der Waals surface area contributed by atoms with Gasteiger partial charge in [0.2, 0.25) is 0 Å². The van der Waals surface area contributed by atoms with Gasteiger partial charge in [0.15, 0.2) is 0 Å². The van der Waals surface area contributed by atoms with Gasteiger partial charge in [-0.15, -0.1) is 0 Å². The monoisotopic (exact) mass is 366 g/mol.